The fraction of sp³-hybridized carbons (Fsp3) is 0.333. The van der Waals surface area contributed by atoms with E-state index in [1.165, 1.54) is 13.0 Å². The van der Waals surface area contributed by atoms with Crippen molar-refractivity contribution in [2.24, 2.45) is 0 Å². The van der Waals surface area contributed by atoms with E-state index in [1.54, 1.807) is 0 Å². The lowest BCUT2D eigenvalue weighted by Gasteiger charge is -2.20. The van der Waals surface area contributed by atoms with Crippen LogP contribution in [-0.4, -0.2) is 42.5 Å². The molecule has 0 fully saturated rings. The summed E-state index contributed by atoms with van der Waals surface area (Å²) in [6, 6.07) is 9.37. The standard InChI is InChI=1S/C18H21N5O3S2/c1-4-23(5-2)15-9-7-13(8-10-15)11-14(12-19)16(24)20-17-21-18(22-27-17)28(25,26)6-3/h7-11H,4-6H2,1-3H3,(H,20,21,22,24)/b14-11-. The molecule has 0 radical (unpaired) electrons. The fourth-order valence-electron chi connectivity index (χ4n) is 2.37. The lowest BCUT2D eigenvalue weighted by atomic mass is 10.1. The van der Waals surface area contributed by atoms with Crippen LogP contribution in [-0.2, 0) is 14.6 Å². The molecule has 0 atom stereocenters. The van der Waals surface area contributed by atoms with Crippen LogP contribution >= 0.6 is 11.5 Å². The van der Waals surface area contributed by atoms with Gasteiger partial charge in [0.05, 0.1) is 5.75 Å². The molecular weight excluding hydrogens is 398 g/mol. The molecule has 148 valence electrons. The van der Waals surface area contributed by atoms with Crippen LogP contribution in [0.2, 0.25) is 0 Å². The van der Waals surface area contributed by atoms with Crippen LogP contribution in [0.25, 0.3) is 6.08 Å². The first kappa shape index (κ1) is 21.5. The Morgan fingerprint density at radius 3 is 2.43 bits per heavy atom. The Balaban J connectivity index is 2.16. The molecule has 0 aliphatic rings. The number of carbonyl (C=O) groups excluding carboxylic acids is 1. The van der Waals surface area contributed by atoms with Gasteiger partial charge in [0.1, 0.15) is 11.6 Å². The predicted octanol–water partition coefficient (Wildman–Crippen LogP) is 2.72. The number of amides is 1. The fourth-order valence-corrected chi connectivity index (χ4v) is 3.95. The van der Waals surface area contributed by atoms with Crippen LogP contribution in [0.1, 0.15) is 26.3 Å². The molecule has 28 heavy (non-hydrogen) atoms. The van der Waals surface area contributed by atoms with Crippen molar-refractivity contribution in [3.05, 3.63) is 35.4 Å². The van der Waals surface area contributed by atoms with E-state index in [-0.39, 0.29) is 21.6 Å². The summed E-state index contributed by atoms with van der Waals surface area (Å²) in [5.74, 6) is -0.809. The van der Waals surface area contributed by atoms with Gasteiger partial charge < -0.3 is 4.90 Å². The molecule has 0 saturated heterocycles. The quantitative estimate of drug-likeness (QED) is 0.516. The van der Waals surface area contributed by atoms with Gasteiger partial charge in [0.2, 0.25) is 15.0 Å². The van der Waals surface area contributed by atoms with Crippen molar-refractivity contribution in [3.63, 3.8) is 0 Å². The van der Waals surface area contributed by atoms with Crippen molar-refractivity contribution in [1.29, 1.82) is 5.26 Å². The van der Waals surface area contributed by atoms with E-state index in [1.807, 2.05) is 30.3 Å². The van der Waals surface area contributed by atoms with Gasteiger partial charge >= 0.3 is 0 Å². The van der Waals surface area contributed by atoms with Gasteiger partial charge in [-0.05, 0) is 37.6 Å². The topological polar surface area (TPSA) is 116 Å². The summed E-state index contributed by atoms with van der Waals surface area (Å²) < 4.78 is 27.2. The first-order valence-corrected chi connectivity index (χ1v) is 11.1. The second-order valence-electron chi connectivity index (χ2n) is 5.67. The molecule has 0 aliphatic carbocycles. The summed E-state index contributed by atoms with van der Waals surface area (Å²) in [7, 11) is -3.55. The van der Waals surface area contributed by atoms with E-state index in [0.717, 1.165) is 30.3 Å². The molecule has 1 N–H and O–H groups in total. The number of hydrogen-bond donors (Lipinski definition) is 1. The highest BCUT2D eigenvalue weighted by Crippen LogP contribution is 2.19. The molecule has 10 heteroatoms. The Morgan fingerprint density at radius 1 is 1.25 bits per heavy atom. The number of benzene rings is 1. The Labute approximate surface area is 168 Å². The molecule has 8 nitrogen and oxygen atoms in total. The van der Waals surface area contributed by atoms with Gasteiger partial charge in [-0.25, -0.2) is 8.42 Å². The van der Waals surface area contributed by atoms with Crippen molar-refractivity contribution >= 4 is 44.2 Å². The van der Waals surface area contributed by atoms with Gasteiger partial charge in [0, 0.05) is 30.3 Å². The molecule has 0 aliphatic heterocycles. The van der Waals surface area contributed by atoms with Crippen LogP contribution in [0.4, 0.5) is 10.8 Å². The Kier molecular flexibility index (Phi) is 7.25. The number of carbonyl (C=O) groups is 1. The maximum Gasteiger partial charge on any atom is 0.268 e. The second-order valence-corrected chi connectivity index (χ2v) is 8.60. The summed E-state index contributed by atoms with van der Waals surface area (Å²) >= 11 is 0.750. The summed E-state index contributed by atoms with van der Waals surface area (Å²) in [6.07, 6.45) is 1.46. The molecule has 1 aromatic heterocycles. The minimum Gasteiger partial charge on any atom is -0.372 e. The molecule has 0 saturated carbocycles. The van der Waals surface area contributed by atoms with Crippen molar-refractivity contribution < 1.29 is 13.2 Å². The number of nitriles is 1. The van der Waals surface area contributed by atoms with E-state index in [0.29, 0.717) is 5.56 Å². The lowest BCUT2D eigenvalue weighted by Crippen LogP contribution is -2.21. The van der Waals surface area contributed by atoms with Crippen LogP contribution in [0, 0.1) is 11.3 Å². The lowest BCUT2D eigenvalue weighted by molar-refractivity contribution is -0.112. The highest BCUT2D eigenvalue weighted by molar-refractivity contribution is 7.91. The molecule has 2 aromatic rings. The second kappa shape index (κ2) is 9.43. The third kappa shape index (κ3) is 5.15. The number of nitrogens with one attached hydrogen (secondary N) is 1. The zero-order valence-electron chi connectivity index (χ0n) is 15.8. The van der Waals surface area contributed by atoms with Gasteiger partial charge in [-0.3, -0.25) is 10.1 Å². The third-order valence-corrected chi connectivity index (χ3v) is 6.23. The molecule has 0 bridgehead atoms. The summed E-state index contributed by atoms with van der Waals surface area (Å²) in [6.45, 7) is 7.39. The highest BCUT2D eigenvalue weighted by atomic mass is 32.2. The van der Waals surface area contributed by atoms with E-state index >= 15 is 0 Å². The van der Waals surface area contributed by atoms with Crippen LogP contribution in [0.3, 0.4) is 0 Å². The van der Waals surface area contributed by atoms with Crippen molar-refractivity contribution in [2.45, 2.75) is 25.9 Å². The number of anilines is 2. The molecule has 0 unspecified atom stereocenters. The van der Waals surface area contributed by atoms with Crippen LogP contribution in [0.5, 0.6) is 0 Å². The van der Waals surface area contributed by atoms with Crippen molar-refractivity contribution in [2.75, 3.05) is 29.1 Å². The third-order valence-electron chi connectivity index (χ3n) is 3.98. The highest BCUT2D eigenvalue weighted by Gasteiger charge is 2.20. The van der Waals surface area contributed by atoms with Crippen molar-refractivity contribution in [1.82, 2.24) is 9.36 Å². The molecule has 2 rings (SSSR count). The Hall–Kier alpha value is -2.77. The number of rotatable bonds is 8. The smallest absolute Gasteiger partial charge is 0.268 e. The number of aromatic nitrogens is 2. The SMILES string of the molecule is CCN(CC)c1ccc(/C=C(/C#N)C(=O)Nc2nc(S(=O)(=O)CC)ns2)cc1. The molecule has 1 heterocycles. The molecule has 1 amide bonds. The van der Waals surface area contributed by atoms with Gasteiger partial charge in [-0.1, -0.05) is 19.1 Å². The first-order valence-electron chi connectivity index (χ1n) is 8.69. The van der Waals surface area contributed by atoms with Gasteiger partial charge in [0.25, 0.3) is 11.1 Å². The minimum absolute atomic E-state index is 0.0232. The van der Waals surface area contributed by atoms with Crippen molar-refractivity contribution in [3.8, 4) is 6.07 Å². The van der Waals surface area contributed by atoms with Gasteiger partial charge in [-0.2, -0.15) is 14.6 Å². The first-order chi connectivity index (χ1) is 13.3. The number of sulfone groups is 1. The maximum absolute atomic E-state index is 12.3. The monoisotopic (exact) mass is 419 g/mol. The van der Waals surface area contributed by atoms with Crippen LogP contribution < -0.4 is 10.2 Å². The molecule has 1 aromatic carbocycles. The average Bonchev–Trinajstić information content (AvgIpc) is 3.17. The van der Waals surface area contributed by atoms with E-state index in [2.05, 4.69) is 33.4 Å². The number of nitrogens with zero attached hydrogens (tertiary/aromatic N) is 4. The van der Waals surface area contributed by atoms with E-state index in [9.17, 15) is 18.5 Å². The van der Waals surface area contributed by atoms with Gasteiger partial charge in [-0.15, -0.1) is 0 Å². The summed E-state index contributed by atoms with van der Waals surface area (Å²) in [4.78, 5) is 18.3. The zero-order chi connectivity index (χ0) is 20.7. The number of hydrogen-bond acceptors (Lipinski definition) is 8. The Bertz CT molecular complexity index is 1000. The summed E-state index contributed by atoms with van der Waals surface area (Å²) in [5.41, 5.74) is 1.64. The molecular formula is C18H21N5O3S2. The average molecular weight is 420 g/mol. The Morgan fingerprint density at radius 2 is 1.89 bits per heavy atom. The largest absolute Gasteiger partial charge is 0.372 e. The maximum atomic E-state index is 12.3. The van der Waals surface area contributed by atoms with E-state index < -0.39 is 15.7 Å². The molecule has 0 spiro atoms. The minimum atomic E-state index is -3.55. The van der Waals surface area contributed by atoms with E-state index in [4.69, 9.17) is 0 Å². The van der Waals surface area contributed by atoms with Gasteiger partial charge in [0.15, 0.2) is 0 Å². The normalized spacial score (nSPS) is 11.7. The zero-order valence-corrected chi connectivity index (χ0v) is 17.5. The van der Waals surface area contributed by atoms with Crippen LogP contribution in [0.15, 0.2) is 35.0 Å². The summed E-state index contributed by atoms with van der Waals surface area (Å²) in [5, 5.41) is 11.4. The predicted molar refractivity (Wildman–Crippen MR) is 110 cm³/mol.